The van der Waals surface area contributed by atoms with Crippen molar-refractivity contribution in [1.82, 2.24) is 0 Å². The standard InChI is InChI=1S/C9H12O/c1-8-3-2-4-9(7-10)6-5-8/h2,4,6-8H,3,5H2,1H3. The van der Waals surface area contributed by atoms with Crippen molar-refractivity contribution < 1.29 is 4.79 Å². The van der Waals surface area contributed by atoms with E-state index in [0.29, 0.717) is 5.92 Å². The zero-order valence-electron chi connectivity index (χ0n) is 6.21. The van der Waals surface area contributed by atoms with Crippen LogP contribution in [0.4, 0.5) is 0 Å². The molecule has 0 aromatic carbocycles. The summed E-state index contributed by atoms with van der Waals surface area (Å²) in [5.41, 5.74) is 0.823. The molecule has 0 fully saturated rings. The highest BCUT2D eigenvalue weighted by Gasteiger charge is 2.01. The van der Waals surface area contributed by atoms with Crippen LogP contribution in [0.15, 0.2) is 23.8 Å². The molecule has 0 saturated heterocycles. The lowest BCUT2D eigenvalue weighted by Crippen LogP contribution is -1.87. The molecule has 0 aliphatic heterocycles. The van der Waals surface area contributed by atoms with Crippen LogP contribution in [0.3, 0.4) is 0 Å². The monoisotopic (exact) mass is 136 g/mol. The molecule has 1 aliphatic rings. The average Bonchev–Trinajstić information content (AvgIpc) is 2.14. The maximum absolute atomic E-state index is 10.3. The Hall–Kier alpha value is -0.850. The molecule has 1 heteroatoms. The SMILES string of the molecule is CC1CC=CC(C=O)=CC1. The number of allylic oxidation sites excluding steroid dienone is 4. The van der Waals surface area contributed by atoms with Gasteiger partial charge in [-0.15, -0.1) is 0 Å². The van der Waals surface area contributed by atoms with E-state index in [9.17, 15) is 4.79 Å². The predicted molar refractivity (Wildman–Crippen MR) is 41.7 cm³/mol. The molecule has 1 unspecified atom stereocenters. The van der Waals surface area contributed by atoms with Gasteiger partial charge in [0.2, 0.25) is 0 Å². The fraction of sp³-hybridized carbons (Fsp3) is 0.444. The molecule has 0 aromatic rings. The number of rotatable bonds is 1. The van der Waals surface area contributed by atoms with Gasteiger partial charge in [0.1, 0.15) is 6.29 Å². The second-order valence-electron chi connectivity index (χ2n) is 2.80. The van der Waals surface area contributed by atoms with Gasteiger partial charge >= 0.3 is 0 Å². The minimum Gasteiger partial charge on any atom is -0.298 e. The zero-order valence-corrected chi connectivity index (χ0v) is 6.21. The van der Waals surface area contributed by atoms with E-state index in [-0.39, 0.29) is 0 Å². The van der Waals surface area contributed by atoms with Crippen molar-refractivity contribution in [2.75, 3.05) is 0 Å². The second kappa shape index (κ2) is 3.35. The normalized spacial score (nSPS) is 25.3. The van der Waals surface area contributed by atoms with Crippen LogP contribution in [-0.2, 0) is 4.79 Å². The van der Waals surface area contributed by atoms with Gasteiger partial charge in [-0.3, -0.25) is 4.79 Å². The maximum Gasteiger partial charge on any atom is 0.149 e. The Morgan fingerprint density at radius 3 is 3.10 bits per heavy atom. The lowest BCUT2D eigenvalue weighted by molar-refractivity contribution is -0.104. The lowest BCUT2D eigenvalue weighted by atomic mass is 10.1. The van der Waals surface area contributed by atoms with Gasteiger partial charge in [0.25, 0.3) is 0 Å². The third kappa shape index (κ3) is 1.83. The number of hydrogen-bond acceptors (Lipinski definition) is 1. The van der Waals surface area contributed by atoms with Crippen molar-refractivity contribution in [3.05, 3.63) is 23.8 Å². The van der Waals surface area contributed by atoms with Crippen LogP contribution < -0.4 is 0 Å². The highest BCUT2D eigenvalue weighted by Crippen LogP contribution is 2.14. The summed E-state index contributed by atoms with van der Waals surface area (Å²) in [4.78, 5) is 10.3. The van der Waals surface area contributed by atoms with Crippen molar-refractivity contribution in [2.24, 2.45) is 5.92 Å². The van der Waals surface area contributed by atoms with E-state index in [1.54, 1.807) is 0 Å². The predicted octanol–water partition coefficient (Wildman–Crippen LogP) is 2.10. The van der Waals surface area contributed by atoms with E-state index in [1.165, 1.54) is 0 Å². The summed E-state index contributed by atoms with van der Waals surface area (Å²) in [6.45, 7) is 2.19. The van der Waals surface area contributed by atoms with Crippen LogP contribution in [0.25, 0.3) is 0 Å². The first-order valence-corrected chi connectivity index (χ1v) is 3.65. The number of carbonyl (C=O) groups excluding carboxylic acids is 1. The molecule has 0 bridgehead atoms. The van der Waals surface area contributed by atoms with Crippen LogP contribution >= 0.6 is 0 Å². The van der Waals surface area contributed by atoms with E-state index in [2.05, 4.69) is 13.0 Å². The van der Waals surface area contributed by atoms with E-state index in [1.807, 2.05) is 12.2 Å². The minimum atomic E-state index is 0.689. The molecule has 1 rings (SSSR count). The molecule has 0 amide bonds. The van der Waals surface area contributed by atoms with Crippen LogP contribution in [0.5, 0.6) is 0 Å². The summed E-state index contributed by atoms with van der Waals surface area (Å²) >= 11 is 0. The van der Waals surface area contributed by atoms with Gasteiger partial charge in [0.05, 0.1) is 0 Å². The van der Waals surface area contributed by atoms with Crippen LogP contribution in [0, 0.1) is 5.92 Å². The molecule has 0 aromatic heterocycles. The molecular formula is C9H12O. The fourth-order valence-electron chi connectivity index (χ4n) is 1.03. The van der Waals surface area contributed by atoms with Gasteiger partial charge < -0.3 is 0 Å². The first-order chi connectivity index (χ1) is 4.83. The average molecular weight is 136 g/mol. The van der Waals surface area contributed by atoms with Crippen molar-refractivity contribution in [3.63, 3.8) is 0 Å². The molecule has 1 aliphatic carbocycles. The Balaban J connectivity index is 2.65. The highest BCUT2D eigenvalue weighted by molar-refractivity contribution is 5.77. The third-order valence-electron chi connectivity index (χ3n) is 1.74. The van der Waals surface area contributed by atoms with E-state index < -0.39 is 0 Å². The minimum absolute atomic E-state index is 0.689. The molecular weight excluding hydrogens is 124 g/mol. The van der Waals surface area contributed by atoms with Crippen molar-refractivity contribution >= 4 is 6.29 Å². The Labute approximate surface area is 61.4 Å². The third-order valence-corrected chi connectivity index (χ3v) is 1.74. The molecule has 54 valence electrons. The van der Waals surface area contributed by atoms with Crippen molar-refractivity contribution in [1.29, 1.82) is 0 Å². The number of aldehydes is 1. The zero-order chi connectivity index (χ0) is 7.40. The van der Waals surface area contributed by atoms with Crippen LogP contribution in [-0.4, -0.2) is 6.29 Å². The highest BCUT2D eigenvalue weighted by atomic mass is 16.1. The second-order valence-corrected chi connectivity index (χ2v) is 2.80. The molecule has 10 heavy (non-hydrogen) atoms. The van der Waals surface area contributed by atoms with Gasteiger partial charge in [-0.05, 0) is 18.8 Å². The maximum atomic E-state index is 10.3. The summed E-state index contributed by atoms with van der Waals surface area (Å²) in [7, 11) is 0. The Bertz CT molecular complexity index is 177. The fourth-order valence-corrected chi connectivity index (χ4v) is 1.03. The van der Waals surface area contributed by atoms with Gasteiger partial charge in [-0.1, -0.05) is 25.2 Å². The quantitative estimate of drug-likeness (QED) is 0.504. The van der Waals surface area contributed by atoms with E-state index in [4.69, 9.17) is 0 Å². The molecule has 1 atom stereocenters. The molecule has 0 radical (unpaired) electrons. The summed E-state index contributed by atoms with van der Waals surface area (Å²) < 4.78 is 0. The van der Waals surface area contributed by atoms with Gasteiger partial charge in [-0.2, -0.15) is 0 Å². The Morgan fingerprint density at radius 2 is 2.40 bits per heavy atom. The Kier molecular flexibility index (Phi) is 2.43. The summed E-state index contributed by atoms with van der Waals surface area (Å²) in [5.74, 6) is 0.689. The Morgan fingerprint density at radius 1 is 1.60 bits per heavy atom. The number of carbonyl (C=O) groups is 1. The van der Waals surface area contributed by atoms with Crippen LogP contribution in [0.1, 0.15) is 19.8 Å². The van der Waals surface area contributed by atoms with Gasteiger partial charge in [0, 0.05) is 5.57 Å². The van der Waals surface area contributed by atoms with E-state index in [0.717, 1.165) is 24.7 Å². The molecule has 0 saturated carbocycles. The summed E-state index contributed by atoms with van der Waals surface area (Å²) in [6, 6.07) is 0. The first-order valence-electron chi connectivity index (χ1n) is 3.65. The van der Waals surface area contributed by atoms with Crippen molar-refractivity contribution in [3.8, 4) is 0 Å². The molecule has 1 nitrogen and oxygen atoms in total. The van der Waals surface area contributed by atoms with Crippen molar-refractivity contribution in [2.45, 2.75) is 19.8 Å². The van der Waals surface area contributed by atoms with Gasteiger partial charge in [0.15, 0.2) is 0 Å². The van der Waals surface area contributed by atoms with E-state index >= 15 is 0 Å². The topological polar surface area (TPSA) is 17.1 Å². The summed E-state index contributed by atoms with van der Waals surface area (Å²) in [5, 5.41) is 0. The molecule has 0 N–H and O–H groups in total. The largest absolute Gasteiger partial charge is 0.298 e. The lowest BCUT2D eigenvalue weighted by Gasteiger charge is -2.00. The van der Waals surface area contributed by atoms with Crippen LogP contribution in [0.2, 0.25) is 0 Å². The number of hydrogen-bond donors (Lipinski definition) is 0. The molecule has 0 heterocycles. The first kappa shape index (κ1) is 7.26. The van der Waals surface area contributed by atoms with Gasteiger partial charge in [-0.25, -0.2) is 0 Å². The molecule has 0 spiro atoms. The smallest absolute Gasteiger partial charge is 0.149 e. The summed E-state index contributed by atoms with van der Waals surface area (Å²) in [6.07, 6.45) is 9.00.